The van der Waals surface area contributed by atoms with Crippen molar-refractivity contribution in [1.82, 2.24) is 20.9 Å². The van der Waals surface area contributed by atoms with E-state index in [4.69, 9.17) is 24.7 Å². The van der Waals surface area contributed by atoms with Gasteiger partial charge >= 0.3 is 0 Å². The number of aliphatic hydroxyl groups is 6. The van der Waals surface area contributed by atoms with Crippen LogP contribution in [-0.4, -0.2) is 174 Å². The van der Waals surface area contributed by atoms with Crippen LogP contribution in [0.4, 0.5) is 0 Å². The highest BCUT2D eigenvalue weighted by molar-refractivity contribution is 5.84. The number of aliphatic hydroxyl groups excluding tert-OH is 6. The number of nitrogens with zero attached hydrogens (tertiary/aromatic N) is 1. The number of amides is 3. The van der Waals surface area contributed by atoms with Gasteiger partial charge in [0.15, 0.2) is 12.6 Å². The van der Waals surface area contributed by atoms with E-state index in [-0.39, 0.29) is 51.8 Å². The van der Waals surface area contributed by atoms with E-state index in [1.165, 1.54) is 18.7 Å². The molecule has 18 heteroatoms. The lowest BCUT2D eigenvalue weighted by atomic mass is 10.0. The predicted molar refractivity (Wildman–Crippen MR) is 160 cm³/mol. The Hall–Kier alpha value is -2.07. The van der Waals surface area contributed by atoms with Crippen LogP contribution in [0.15, 0.2) is 0 Å². The molecule has 2 saturated heterocycles. The van der Waals surface area contributed by atoms with E-state index in [2.05, 4.69) is 16.0 Å². The number of nitrogens with two attached hydrogens (primary N) is 1. The summed E-state index contributed by atoms with van der Waals surface area (Å²) in [4.78, 5) is 39.2. The summed E-state index contributed by atoms with van der Waals surface area (Å²) in [5, 5.41) is 67.4. The zero-order valence-corrected chi connectivity index (χ0v) is 26.5. The van der Waals surface area contributed by atoms with Crippen molar-refractivity contribution in [2.24, 2.45) is 5.73 Å². The summed E-state index contributed by atoms with van der Waals surface area (Å²) in [7, 11) is 0. The molecular weight excluding hydrogens is 614 g/mol. The first-order valence-corrected chi connectivity index (χ1v) is 15.7. The van der Waals surface area contributed by atoms with Gasteiger partial charge in [-0.2, -0.15) is 0 Å². The Morgan fingerprint density at radius 1 is 0.609 bits per heavy atom. The van der Waals surface area contributed by atoms with Gasteiger partial charge in [0.1, 0.15) is 36.6 Å². The molecule has 0 radical (unpaired) electrons. The zero-order chi connectivity index (χ0) is 34.2. The molecule has 0 unspecified atom stereocenters. The number of carbonyl (C=O) groups excluding carboxylic acids is 3. The molecule has 0 spiro atoms. The molecule has 2 fully saturated rings. The Bertz CT molecular complexity index is 865. The van der Waals surface area contributed by atoms with Gasteiger partial charge < -0.3 is 71.3 Å². The molecule has 2 heterocycles. The van der Waals surface area contributed by atoms with Gasteiger partial charge in [0.05, 0.1) is 45.1 Å². The van der Waals surface area contributed by atoms with E-state index >= 15 is 0 Å². The minimum Gasteiger partial charge on any atom is -0.388 e. The molecule has 2 aliphatic heterocycles. The van der Waals surface area contributed by atoms with Crippen LogP contribution in [0.2, 0.25) is 0 Å². The van der Waals surface area contributed by atoms with Crippen LogP contribution in [0.3, 0.4) is 0 Å². The van der Waals surface area contributed by atoms with Gasteiger partial charge in [-0.1, -0.05) is 12.8 Å². The van der Waals surface area contributed by atoms with Crippen LogP contribution in [0, 0.1) is 0 Å². The minimum absolute atomic E-state index is 0.00968. The molecule has 268 valence electrons. The van der Waals surface area contributed by atoms with Crippen molar-refractivity contribution in [3.8, 4) is 0 Å². The second-order valence-electron chi connectivity index (χ2n) is 11.5. The lowest BCUT2D eigenvalue weighted by Gasteiger charge is -2.38. The van der Waals surface area contributed by atoms with E-state index in [1.54, 1.807) is 0 Å². The molecule has 2 aliphatic rings. The van der Waals surface area contributed by atoms with Gasteiger partial charge in [-0.05, 0) is 33.2 Å². The molecule has 3 amide bonds. The van der Waals surface area contributed by atoms with Crippen molar-refractivity contribution < 1.29 is 64.0 Å². The highest BCUT2D eigenvalue weighted by atomic mass is 16.7. The Kier molecular flexibility index (Phi) is 18.3. The molecule has 46 heavy (non-hydrogen) atoms. The highest BCUT2D eigenvalue weighted by Gasteiger charge is 2.43. The fourth-order valence-electron chi connectivity index (χ4n) is 4.83. The average Bonchev–Trinajstić information content (AvgIpc) is 3.01. The number of hydrogen-bond donors (Lipinski definition) is 10. The summed E-state index contributed by atoms with van der Waals surface area (Å²) >= 11 is 0. The van der Waals surface area contributed by atoms with Gasteiger partial charge in [-0.3, -0.25) is 19.3 Å². The van der Waals surface area contributed by atoms with Crippen LogP contribution >= 0.6 is 0 Å². The second kappa shape index (κ2) is 21.0. The van der Waals surface area contributed by atoms with Crippen molar-refractivity contribution in [2.45, 2.75) is 101 Å². The molecule has 2 rings (SSSR count). The Morgan fingerprint density at radius 3 is 1.41 bits per heavy atom. The minimum atomic E-state index is -1.48. The SMILES string of the molecule is C[C@@H]1O[C@@H](OCCNC(=O)CN(CC(=O)NCCCCCCN)CC(=O)NCCO[C@@H]2O[C@@H](C)[C@@H](O)[C@@H](O)[C@@H]2O)[C@@H](O)[C@H](O)[C@@H]1O. The lowest BCUT2D eigenvalue weighted by Crippen LogP contribution is -2.57. The van der Waals surface area contributed by atoms with Gasteiger partial charge in [0.2, 0.25) is 17.7 Å². The third-order valence-corrected chi connectivity index (χ3v) is 7.58. The first-order valence-electron chi connectivity index (χ1n) is 15.7. The Balaban J connectivity index is 1.80. The van der Waals surface area contributed by atoms with Crippen LogP contribution < -0.4 is 21.7 Å². The lowest BCUT2D eigenvalue weighted by molar-refractivity contribution is -0.292. The van der Waals surface area contributed by atoms with Crippen LogP contribution in [-0.2, 0) is 33.3 Å². The van der Waals surface area contributed by atoms with E-state index in [9.17, 15) is 45.0 Å². The van der Waals surface area contributed by atoms with Gasteiger partial charge in [-0.15, -0.1) is 0 Å². The zero-order valence-electron chi connectivity index (χ0n) is 26.5. The molecule has 0 aromatic heterocycles. The summed E-state index contributed by atoms with van der Waals surface area (Å²) in [5.74, 6) is -1.40. The van der Waals surface area contributed by atoms with Crippen molar-refractivity contribution in [3.05, 3.63) is 0 Å². The molecule has 0 aliphatic carbocycles. The summed E-state index contributed by atoms with van der Waals surface area (Å²) in [6.45, 7) is 3.01. The van der Waals surface area contributed by atoms with E-state index in [1.807, 2.05) is 0 Å². The van der Waals surface area contributed by atoms with Crippen LogP contribution in [0.5, 0.6) is 0 Å². The fraction of sp³-hybridized carbons (Fsp3) is 0.893. The fourth-order valence-corrected chi connectivity index (χ4v) is 4.83. The largest absolute Gasteiger partial charge is 0.388 e. The quantitative estimate of drug-likeness (QED) is 0.0544. The number of nitrogens with one attached hydrogen (secondary N) is 3. The standard InChI is InChI=1S/C28H53N5O13/c1-16-21(37)23(39)25(41)27(45-16)43-11-9-31-19(35)14-33(13-18(34)30-8-6-4-3-5-7-29)15-20(36)32-10-12-44-28-26(42)24(40)22(38)17(2)46-28/h16-17,21-28,37-42H,3-15,29H2,1-2H3,(H,30,34)(H,31,35)(H,32,36)/t16-,17-,21+,22+,23+,24+,25-,26-,27+,28+/m0/s1. The first-order chi connectivity index (χ1) is 21.8. The molecule has 0 aromatic rings. The third-order valence-electron chi connectivity index (χ3n) is 7.58. The molecule has 10 atom stereocenters. The van der Waals surface area contributed by atoms with Crippen molar-refractivity contribution in [3.63, 3.8) is 0 Å². The molecule has 18 nitrogen and oxygen atoms in total. The summed E-state index contributed by atoms with van der Waals surface area (Å²) < 4.78 is 21.5. The number of unbranched alkanes of at least 4 members (excludes halogenated alkanes) is 3. The highest BCUT2D eigenvalue weighted by Crippen LogP contribution is 2.22. The van der Waals surface area contributed by atoms with Crippen molar-refractivity contribution in [1.29, 1.82) is 0 Å². The number of rotatable bonds is 20. The summed E-state index contributed by atoms with van der Waals surface area (Å²) in [6, 6.07) is 0. The maximum absolute atomic E-state index is 12.7. The Labute approximate surface area is 268 Å². The summed E-state index contributed by atoms with van der Waals surface area (Å²) in [6.07, 6.45) is -8.88. The Morgan fingerprint density at radius 2 is 1.00 bits per heavy atom. The molecular formula is C28H53N5O13. The molecule has 0 bridgehead atoms. The van der Waals surface area contributed by atoms with Gasteiger partial charge in [0.25, 0.3) is 0 Å². The normalized spacial score (nSPS) is 31.4. The maximum atomic E-state index is 12.7. The number of ether oxygens (including phenoxy) is 4. The molecule has 11 N–H and O–H groups in total. The monoisotopic (exact) mass is 667 g/mol. The first kappa shape index (κ1) is 40.1. The van der Waals surface area contributed by atoms with E-state index in [0.717, 1.165) is 25.7 Å². The predicted octanol–water partition coefficient (Wildman–Crippen LogP) is -5.16. The summed E-state index contributed by atoms with van der Waals surface area (Å²) in [5.41, 5.74) is 5.49. The van der Waals surface area contributed by atoms with Crippen molar-refractivity contribution in [2.75, 3.05) is 59.0 Å². The van der Waals surface area contributed by atoms with Gasteiger partial charge in [0, 0.05) is 19.6 Å². The van der Waals surface area contributed by atoms with Gasteiger partial charge in [-0.25, -0.2) is 0 Å². The van der Waals surface area contributed by atoms with E-state index in [0.29, 0.717) is 13.1 Å². The molecule has 0 aromatic carbocycles. The van der Waals surface area contributed by atoms with E-state index < -0.39 is 73.2 Å². The van der Waals surface area contributed by atoms with Crippen LogP contribution in [0.1, 0.15) is 39.5 Å². The molecule has 0 saturated carbocycles. The topological polar surface area (TPSA) is 275 Å². The maximum Gasteiger partial charge on any atom is 0.234 e. The van der Waals surface area contributed by atoms with Crippen LogP contribution in [0.25, 0.3) is 0 Å². The number of carbonyl (C=O) groups is 3. The second-order valence-corrected chi connectivity index (χ2v) is 11.5. The third kappa shape index (κ3) is 13.6. The smallest absolute Gasteiger partial charge is 0.234 e. The average molecular weight is 668 g/mol. The number of hydrogen-bond acceptors (Lipinski definition) is 15. The van der Waals surface area contributed by atoms with Crippen molar-refractivity contribution >= 4 is 17.7 Å².